The molecule has 0 radical (unpaired) electrons. The lowest BCUT2D eigenvalue weighted by molar-refractivity contribution is -0.140. The average molecular weight is 474 g/mol. The summed E-state index contributed by atoms with van der Waals surface area (Å²) in [6.07, 6.45) is 1.64. The quantitative estimate of drug-likeness (QED) is 0.574. The van der Waals surface area contributed by atoms with Crippen molar-refractivity contribution in [3.05, 3.63) is 64.7 Å². The molecule has 33 heavy (non-hydrogen) atoms. The van der Waals surface area contributed by atoms with E-state index in [-0.39, 0.29) is 24.8 Å². The van der Waals surface area contributed by atoms with Gasteiger partial charge in [-0.05, 0) is 62.4 Å². The molecule has 180 valence electrons. The molecule has 0 aliphatic carbocycles. The van der Waals surface area contributed by atoms with Crippen molar-refractivity contribution in [1.82, 2.24) is 10.2 Å². The van der Waals surface area contributed by atoms with Crippen LogP contribution < -0.4 is 9.62 Å². The third-order valence-electron chi connectivity index (χ3n) is 6.01. The predicted octanol–water partition coefficient (Wildman–Crippen LogP) is 3.32. The number of aryl methyl sites for hydroxylation is 2. The Bertz CT molecular complexity index is 1100. The van der Waals surface area contributed by atoms with Crippen LogP contribution in [0.5, 0.6) is 0 Å². The summed E-state index contributed by atoms with van der Waals surface area (Å²) in [5.41, 5.74) is 4.53. The number of amides is 2. The minimum atomic E-state index is -3.52. The summed E-state index contributed by atoms with van der Waals surface area (Å²) in [7, 11) is -1.97. The van der Waals surface area contributed by atoms with Crippen LogP contribution in [0.15, 0.2) is 42.5 Å². The van der Waals surface area contributed by atoms with Crippen LogP contribution in [0.25, 0.3) is 0 Å². The highest BCUT2D eigenvalue weighted by Crippen LogP contribution is 2.25. The van der Waals surface area contributed by atoms with E-state index in [1.54, 1.807) is 24.9 Å². The molecule has 0 saturated heterocycles. The van der Waals surface area contributed by atoms with Crippen LogP contribution >= 0.6 is 0 Å². The Hall–Kier alpha value is -2.87. The Morgan fingerprint density at radius 3 is 2.24 bits per heavy atom. The number of hydrogen-bond acceptors (Lipinski definition) is 4. The van der Waals surface area contributed by atoms with Gasteiger partial charge in [-0.25, -0.2) is 8.42 Å². The standard InChI is InChI=1S/C25H35N3O4S/c1-18-12-9-14-23(20(18)3)28(33(6,31)32)16-10-15-24(29)27(21(4)25(30)26-5)17-22-13-8-7-11-19(22)2/h7-9,11-14,21H,10,15-17H2,1-6H3,(H,26,30)/t21-/m0/s1. The maximum atomic E-state index is 13.2. The molecular weight excluding hydrogens is 438 g/mol. The first-order chi connectivity index (χ1) is 15.5. The third kappa shape index (κ3) is 6.81. The fraction of sp³-hybridized carbons (Fsp3) is 0.440. The van der Waals surface area contributed by atoms with Crippen LogP contribution in [0.3, 0.4) is 0 Å². The van der Waals surface area contributed by atoms with E-state index in [0.717, 1.165) is 22.3 Å². The molecule has 2 aromatic carbocycles. The molecule has 0 unspecified atom stereocenters. The minimum absolute atomic E-state index is 0.129. The van der Waals surface area contributed by atoms with Crippen molar-refractivity contribution in [2.75, 3.05) is 24.2 Å². The Labute approximate surface area is 197 Å². The number of nitrogens with one attached hydrogen (secondary N) is 1. The Balaban J connectivity index is 2.19. The summed E-state index contributed by atoms with van der Waals surface area (Å²) in [5, 5.41) is 2.61. The van der Waals surface area contributed by atoms with Gasteiger partial charge in [-0.2, -0.15) is 0 Å². The fourth-order valence-corrected chi connectivity index (χ4v) is 4.77. The van der Waals surface area contributed by atoms with Crippen molar-refractivity contribution in [3.63, 3.8) is 0 Å². The molecule has 2 rings (SSSR count). The van der Waals surface area contributed by atoms with Gasteiger partial charge in [0, 0.05) is 26.6 Å². The monoisotopic (exact) mass is 473 g/mol. The number of carbonyl (C=O) groups is 2. The van der Waals surface area contributed by atoms with Crippen molar-refractivity contribution in [2.24, 2.45) is 0 Å². The number of carbonyl (C=O) groups excluding carboxylic acids is 2. The summed E-state index contributed by atoms with van der Waals surface area (Å²) in [4.78, 5) is 27.1. The smallest absolute Gasteiger partial charge is 0.242 e. The van der Waals surface area contributed by atoms with E-state index in [1.807, 2.05) is 57.2 Å². The molecule has 0 bridgehead atoms. The van der Waals surface area contributed by atoms with Crippen LogP contribution in [0.4, 0.5) is 5.69 Å². The zero-order valence-corrected chi connectivity index (χ0v) is 21.2. The molecule has 0 aliphatic rings. The van der Waals surface area contributed by atoms with Crippen LogP contribution in [0.2, 0.25) is 0 Å². The van der Waals surface area contributed by atoms with Gasteiger partial charge in [-0.3, -0.25) is 13.9 Å². The van der Waals surface area contributed by atoms with Crippen LogP contribution in [-0.4, -0.2) is 51.0 Å². The highest BCUT2D eigenvalue weighted by atomic mass is 32.2. The number of anilines is 1. The van der Waals surface area contributed by atoms with Crippen LogP contribution in [0, 0.1) is 20.8 Å². The topological polar surface area (TPSA) is 86.8 Å². The second-order valence-corrected chi connectivity index (χ2v) is 10.3. The van der Waals surface area contributed by atoms with Gasteiger partial charge in [-0.1, -0.05) is 36.4 Å². The Morgan fingerprint density at radius 2 is 1.64 bits per heavy atom. The summed E-state index contributed by atoms with van der Waals surface area (Å²) >= 11 is 0. The number of nitrogens with zero attached hydrogens (tertiary/aromatic N) is 2. The van der Waals surface area contributed by atoms with Gasteiger partial charge < -0.3 is 10.2 Å². The molecule has 2 amide bonds. The first-order valence-electron chi connectivity index (χ1n) is 11.1. The lowest BCUT2D eigenvalue weighted by Gasteiger charge is -2.30. The second kappa shape index (κ2) is 11.3. The minimum Gasteiger partial charge on any atom is -0.357 e. The summed E-state index contributed by atoms with van der Waals surface area (Å²) in [6, 6.07) is 12.6. The second-order valence-electron chi connectivity index (χ2n) is 8.40. The van der Waals surface area contributed by atoms with E-state index < -0.39 is 16.1 Å². The van der Waals surface area contributed by atoms with E-state index >= 15 is 0 Å². The molecule has 0 saturated carbocycles. The molecule has 7 nitrogen and oxygen atoms in total. The van der Waals surface area contributed by atoms with Gasteiger partial charge in [0.15, 0.2) is 0 Å². The van der Waals surface area contributed by atoms with Gasteiger partial charge in [-0.15, -0.1) is 0 Å². The zero-order chi connectivity index (χ0) is 24.8. The van der Waals surface area contributed by atoms with Crippen LogP contribution in [0.1, 0.15) is 42.0 Å². The van der Waals surface area contributed by atoms with E-state index in [2.05, 4.69) is 5.32 Å². The largest absolute Gasteiger partial charge is 0.357 e. The highest BCUT2D eigenvalue weighted by Gasteiger charge is 2.26. The number of rotatable bonds is 10. The maximum Gasteiger partial charge on any atom is 0.242 e. The van der Waals surface area contributed by atoms with Crippen molar-refractivity contribution in [1.29, 1.82) is 0 Å². The first-order valence-corrected chi connectivity index (χ1v) is 12.9. The molecule has 0 fully saturated rings. The van der Waals surface area contributed by atoms with Crippen molar-refractivity contribution >= 4 is 27.5 Å². The summed E-state index contributed by atoms with van der Waals surface area (Å²) < 4.78 is 26.4. The van der Waals surface area contributed by atoms with Crippen molar-refractivity contribution < 1.29 is 18.0 Å². The molecule has 0 heterocycles. The number of hydrogen-bond donors (Lipinski definition) is 1. The molecule has 0 spiro atoms. The van der Waals surface area contributed by atoms with E-state index in [0.29, 0.717) is 18.7 Å². The number of benzene rings is 2. The maximum absolute atomic E-state index is 13.2. The first kappa shape index (κ1) is 26.4. The van der Waals surface area contributed by atoms with E-state index in [9.17, 15) is 18.0 Å². The lowest BCUT2D eigenvalue weighted by atomic mass is 10.1. The molecule has 2 aromatic rings. The average Bonchev–Trinajstić information content (AvgIpc) is 2.76. The van der Waals surface area contributed by atoms with Crippen molar-refractivity contribution in [3.8, 4) is 0 Å². The summed E-state index contributed by atoms with van der Waals surface area (Å²) in [5.74, 6) is -0.436. The van der Waals surface area contributed by atoms with Gasteiger partial charge in [0.05, 0.1) is 11.9 Å². The van der Waals surface area contributed by atoms with Gasteiger partial charge in [0.1, 0.15) is 6.04 Å². The predicted molar refractivity (Wildman–Crippen MR) is 133 cm³/mol. The number of likely N-dealkylation sites (N-methyl/N-ethyl adjacent to an activating group) is 1. The van der Waals surface area contributed by atoms with Gasteiger partial charge >= 0.3 is 0 Å². The molecule has 8 heteroatoms. The molecule has 0 aliphatic heterocycles. The Morgan fingerprint density at radius 1 is 1.00 bits per heavy atom. The Kier molecular flexibility index (Phi) is 9.05. The fourth-order valence-electron chi connectivity index (χ4n) is 3.75. The normalized spacial score (nSPS) is 12.2. The molecule has 1 N–H and O–H groups in total. The molecular formula is C25H35N3O4S. The third-order valence-corrected chi connectivity index (χ3v) is 7.19. The van der Waals surface area contributed by atoms with E-state index in [4.69, 9.17) is 0 Å². The SMILES string of the molecule is CNC(=O)[C@H](C)N(Cc1ccccc1C)C(=O)CCCN(c1cccc(C)c1C)S(C)(=O)=O. The molecule has 0 aromatic heterocycles. The van der Waals surface area contributed by atoms with Crippen LogP contribution in [-0.2, 0) is 26.2 Å². The lowest BCUT2D eigenvalue weighted by Crippen LogP contribution is -2.47. The van der Waals surface area contributed by atoms with Crippen molar-refractivity contribution in [2.45, 2.75) is 53.1 Å². The van der Waals surface area contributed by atoms with Gasteiger partial charge in [0.2, 0.25) is 21.8 Å². The van der Waals surface area contributed by atoms with E-state index in [1.165, 1.54) is 10.6 Å². The van der Waals surface area contributed by atoms with Gasteiger partial charge in [0.25, 0.3) is 0 Å². The number of sulfonamides is 1. The molecule has 1 atom stereocenters. The summed E-state index contributed by atoms with van der Waals surface area (Å²) in [6.45, 7) is 7.99. The highest BCUT2D eigenvalue weighted by molar-refractivity contribution is 7.92. The zero-order valence-electron chi connectivity index (χ0n) is 20.4.